The number of halogens is 4. The van der Waals surface area contributed by atoms with Gasteiger partial charge in [0.15, 0.2) is 5.96 Å². The lowest BCUT2D eigenvalue weighted by molar-refractivity contribution is -0.137. The summed E-state index contributed by atoms with van der Waals surface area (Å²) >= 11 is 5.79. The van der Waals surface area contributed by atoms with Crippen LogP contribution < -0.4 is 20.5 Å². The van der Waals surface area contributed by atoms with Crippen LogP contribution in [0.25, 0.3) is 0 Å². The zero-order valence-electron chi connectivity index (χ0n) is 15.4. The lowest BCUT2D eigenvalue weighted by Gasteiger charge is -2.26. The summed E-state index contributed by atoms with van der Waals surface area (Å²) in [6, 6.07) is 8.55. The summed E-state index contributed by atoms with van der Waals surface area (Å²) in [4.78, 5) is 7.87. The van der Waals surface area contributed by atoms with Crippen molar-refractivity contribution in [2.24, 2.45) is 10.7 Å². The average molecular weight is 429 g/mol. The van der Waals surface area contributed by atoms with Gasteiger partial charge in [-0.1, -0.05) is 29.8 Å². The monoisotopic (exact) mass is 428 g/mol. The van der Waals surface area contributed by atoms with Crippen LogP contribution >= 0.6 is 11.6 Å². The van der Waals surface area contributed by atoms with Gasteiger partial charge in [0.25, 0.3) is 0 Å². The van der Waals surface area contributed by atoms with E-state index in [1.165, 1.54) is 0 Å². The minimum Gasteiger partial charge on any atom is -0.493 e. The number of benzene rings is 1. The highest BCUT2D eigenvalue weighted by atomic mass is 35.5. The van der Waals surface area contributed by atoms with E-state index in [-0.39, 0.29) is 23.6 Å². The van der Waals surface area contributed by atoms with Gasteiger partial charge in [0.05, 0.1) is 24.8 Å². The molecule has 0 aliphatic carbocycles. The molecular formula is C19H20ClF3N4O2. The van der Waals surface area contributed by atoms with Crippen LogP contribution in [-0.4, -0.2) is 30.7 Å². The fourth-order valence-electron chi connectivity index (χ4n) is 2.84. The van der Waals surface area contributed by atoms with Crippen LogP contribution in [0.3, 0.4) is 0 Å². The second-order valence-electron chi connectivity index (χ2n) is 6.35. The summed E-state index contributed by atoms with van der Waals surface area (Å²) in [5.74, 6) is 1.09. The van der Waals surface area contributed by atoms with Crippen molar-refractivity contribution in [3.63, 3.8) is 0 Å². The third kappa shape index (κ3) is 5.66. The third-order valence-electron chi connectivity index (χ3n) is 4.24. The first-order chi connectivity index (χ1) is 13.8. The normalized spacial score (nSPS) is 16.7. The number of para-hydroxylation sites is 1. The molecule has 0 saturated carbocycles. The Kier molecular flexibility index (Phi) is 6.68. The van der Waals surface area contributed by atoms with Gasteiger partial charge in [-0.2, -0.15) is 13.2 Å². The molecule has 156 valence electrons. The van der Waals surface area contributed by atoms with E-state index in [2.05, 4.69) is 15.3 Å². The zero-order chi connectivity index (χ0) is 20.9. The number of hydrogen-bond donors (Lipinski definition) is 2. The SMILES string of the molecule is NC(=NCCCOc1ncc(C(F)(F)F)cc1Cl)NC1CCOc2ccccc21. The van der Waals surface area contributed by atoms with Crippen LogP contribution in [0.4, 0.5) is 13.2 Å². The molecule has 0 fully saturated rings. The molecule has 1 aliphatic heterocycles. The molecule has 3 rings (SSSR count). The summed E-state index contributed by atoms with van der Waals surface area (Å²) in [5, 5.41) is 2.99. The molecule has 0 spiro atoms. The van der Waals surface area contributed by atoms with Crippen molar-refractivity contribution in [2.45, 2.75) is 25.1 Å². The molecule has 2 aromatic rings. The molecule has 2 heterocycles. The van der Waals surface area contributed by atoms with Crippen molar-refractivity contribution in [3.8, 4) is 11.6 Å². The molecule has 3 N–H and O–H groups in total. The highest BCUT2D eigenvalue weighted by Crippen LogP contribution is 2.33. The maximum Gasteiger partial charge on any atom is 0.417 e. The van der Waals surface area contributed by atoms with Gasteiger partial charge in [-0.05, 0) is 12.1 Å². The first-order valence-electron chi connectivity index (χ1n) is 8.98. The number of nitrogens with one attached hydrogen (secondary N) is 1. The molecule has 1 aromatic carbocycles. The second-order valence-corrected chi connectivity index (χ2v) is 6.76. The van der Waals surface area contributed by atoms with Crippen molar-refractivity contribution in [3.05, 3.63) is 52.7 Å². The van der Waals surface area contributed by atoms with Crippen LogP contribution in [0.5, 0.6) is 11.6 Å². The predicted molar refractivity (Wildman–Crippen MR) is 103 cm³/mol. The quantitative estimate of drug-likeness (QED) is 0.413. The van der Waals surface area contributed by atoms with Crippen LogP contribution in [0.15, 0.2) is 41.5 Å². The number of nitrogens with two attached hydrogens (primary N) is 1. The number of aromatic nitrogens is 1. The highest BCUT2D eigenvalue weighted by molar-refractivity contribution is 6.31. The van der Waals surface area contributed by atoms with Gasteiger partial charge in [-0.25, -0.2) is 4.98 Å². The van der Waals surface area contributed by atoms with Crippen molar-refractivity contribution >= 4 is 17.6 Å². The number of ether oxygens (including phenoxy) is 2. The van der Waals surface area contributed by atoms with E-state index in [0.29, 0.717) is 31.7 Å². The van der Waals surface area contributed by atoms with Gasteiger partial charge < -0.3 is 20.5 Å². The zero-order valence-corrected chi connectivity index (χ0v) is 16.1. The fourth-order valence-corrected chi connectivity index (χ4v) is 3.06. The highest BCUT2D eigenvalue weighted by Gasteiger charge is 2.31. The summed E-state index contributed by atoms with van der Waals surface area (Å²) in [7, 11) is 0. The van der Waals surface area contributed by atoms with Crippen LogP contribution in [-0.2, 0) is 6.18 Å². The molecule has 1 aliphatic rings. The number of hydrogen-bond acceptors (Lipinski definition) is 4. The Morgan fingerprint density at radius 3 is 2.93 bits per heavy atom. The van der Waals surface area contributed by atoms with Gasteiger partial charge >= 0.3 is 6.18 Å². The number of nitrogens with zero attached hydrogens (tertiary/aromatic N) is 2. The predicted octanol–water partition coefficient (Wildman–Crippen LogP) is 3.95. The number of rotatable bonds is 6. The molecule has 1 atom stereocenters. The maximum atomic E-state index is 12.6. The van der Waals surface area contributed by atoms with Crippen LogP contribution in [0.2, 0.25) is 5.02 Å². The molecule has 1 aromatic heterocycles. The summed E-state index contributed by atoms with van der Waals surface area (Å²) in [6.45, 7) is 1.16. The molecule has 0 bridgehead atoms. The van der Waals surface area contributed by atoms with E-state index in [4.69, 9.17) is 26.8 Å². The van der Waals surface area contributed by atoms with E-state index in [1.807, 2.05) is 24.3 Å². The summed E-state index contributed by atoms with van der Waals surface area (Å²) in [6.07, 6.45) is -2.55. The van der Waals surface area contributed by atoms with Crippen molar-refractivity contribution < 1.29 is 22.6 Å². The lowest BCUT2D eigenvalue weighted by Crippen LogP contribution is -2.37. The Bertz CT molecular complexity index is 877. The Hall–Kier alpha value is -2.68. The molecule has 0 radical (unpaired) electrons. The van der Waals surface area contributed by atoms with Crippen LogP contribution in [0, 0.1) is 0 Å². The number of pyridine rings is 1. The Morgan fingerprint density at radius 1 is 1.38 bits per heavy atom. The molecule has 0 amide bonds. The number of fused-ring (bicyclic) bond motifs is 1. The topological polar surface area (TPSA) is 81.8 Å². The van der Waals surface area contributed by atoms with E-state index >= 15 is 0 Å². The molecule has 1 unspecified atom stereocenters. The van der Waals surface area contributed by atoms with Crippen molar-refractivity contribution in [1.29, 1.82) is 0 Å². The minimum atomic E-state index is -4.50. The number of alkyl halides is 3. The molecule has 6 nitrogen and oxygen atoms in total. The van der Waals surface area contributed by atoms with E-state index in [9.17, 15) is 13.2 Å². The fraction of sp³-hybridized carbons (Fsp3) is 0.368. The van der Waals surface area contributed by atoms with Gasteiger partial charge in [0.1, 0.15) is 10.8 Å². The van der Waals surface area contributed by atoms with Crippen molar-refractivity contribution in [2.75, 3.05) is 19.8 Å². The first-order valence-corrected chi connectivity index (χ1v) is 9.36. The second kappa shape index (κ2) is 9.21. The van der Waals surface area contributed by atoms with Gasteiger partial charge in [0.2, 0.25) is 5.88 Å². The Balaban J connectivity index is 1.45. The number of aliphatic imine (C=N–C) groups is 1. The van der Waals surface area contributed by atoms with Crippen LogP contribution in [0.1, 0.15) is 30.0 Å². The number of guanidine groups is 1. The first kappa shape index (κ1) is 21.0. The Morgan fingerprint density at radius 2 is 2.17 bits per heavy atom. The molecular weight excluding hydrogens is 409 g/mol. The summed E-state index contributed by atoms with van der Waals surface area (Å²) in [5.41, 5.74) is 6.06. The van der Waals surface area contributed by atoms with Crippen molar-refractivity contribution in [1.82, 2.24) is 10.3 Å². The van der Waals surface area contributed by atoms with E-state index in [0.717, 1.165) is 23.8 Å². The minimum absolute atomic E-state index is 0.0232. The van der Waals surface area contributed by atoms with Gasteiger partial charge in [-0.3, -0.25) is 4.99 Å². The molecule has 10 heteroatoms. The van der Waals surface area contributed by atoms with E-state index < -0.39 is 11.7 Å². The van der Waals surface area contributed by atoms with Gasteiger partial charge in [-0.15, -0.1) is 0 Å². The standard InChI is InChI=1S/C19H20ClF3N4O2/c20-14-10-12(19(21,22)23)11-26-17(14)29-8-3-7-25-18(24)27-15-6-9-28-16-5-2-1-4-13(15)16/h1-2,4-5,10-11,15H,3,6-9H2,(H3,24,25,27). The van der Waals surface area contributed by atoms with Gasteiger partial charge in [0, 0.05) is 31.1 Å². The largest absolute Gasteiger partial charge is 0.493 e. The van der Waals surface area contributed by atoms with E-state index in [1.54, 1.807) is 0 Å². The Labute approximate surface area is 170 Å². The third-order valence-corrected chi connectivity index (χ3v) is 4.51. The average Bonchev–Trinajstić information content (AvgIpc) is 2.68. The lowest BCUT2D eigenvalue weighted by atomic mass is 10.0. The maximum absolute atomic E-state index is 12.6. The smallest absolute Gasteiger partial charge is 0.417 e. The summed E-state index contributed by atoms with van der Waals surface area (Å²) < 4.78 is 48.7. The molecule has 29 heavy (non-hydrogen) atoms. The molecule has 0 saturated heterocycles.